The molecule has 0 radical (unpaired) electrons. The summed E-state index contributed by atoms with van der Waals surface area (Å²) < 4.78 is 3.96. The minimum absolute atomic E-state index is 0.00361. The Morgan fingerprint density at radius 3 is 2.96 bits per heavy atom. The van der Waals surface area contributed by atoms with E-state index in [1.54, 1.807) is 11.3 Å². The van der Waals surface area contributed by atoms with Crippen molar-refractivity contribution in [3.8, 4) is 0 Å². The Balaban J connectivity index is 1.24. The third-order valence-electron chi connectivity index (χ3n) is 4.47. The van der Waals surface area contributed by atoms with Crippen LogP contribution in [0, 0.1) is 5.92 Å². The number of rotatable bonds is 4. The van der Waals surface area contributed by atoms with Crippen LogP contribution in [-0.2, 0) is 13.1 Å². The summed E-state index contributed by atoms with van der Waals surface area (Å²) in [7, 11) is 0. The maximum Gasteiger partial charge on any atom is 0.317 e. The molecule has 4 rings (SSSR count). The quantitative estimate of drug-likeness (QED) is 0.789. The first-order valence-electron chi connectivity index (χ1n) is 8.19. The maximum atomic E-state index is 12.3. The molecule has 1 aliphatic rings. The van der Waals surface area contributed by atoms with Crippen LogP contribution < -0.4 is 5.32 Å². The van der Waals surface area contributed by atoms with Crippen LogP contribution in [0.4, 0.5) is 4.79 Å². The molecule has 0 saturated carbocycles. The lowest BCUT2D eigenvalue weighted by Gasteiger charge is -2.31. The number of urea groups is 1. The van der Waals surface area contributed by atoms with E-state index in [-0.39, 0.29) is 6.03 Å². The molecule has 0 spiro atoms. The van der Waals surface area contributed by atoms with Crippen LogP contribution in [0.2, 0.25) is 0 Å². The van der Waals surface area contributed by atoms with Gasteiger partial charge >= 0.3 is 6.03 Å². The molecule has 0 bridgehead atoms. The summed E-state index contributed by atoms with van der Waals surface area (Å²) >= 11 is 1.59. The van der Waals surface area contributed by atoms with Gasteiger partial charge in [0, 0.05) is 49.8 Å². The van der Waals surface area contributed by atoms with Crippen molar-refractivity contribution in [2.24, 2.45) is 5.92 Å². The van der Waals surface area contributed by atoms with Gasteiger partial charge in [0.15, 0.2) is 4.96 Å². The fourth-order valence-electron chi connectivity index (χ4n) is 3.13. The van der Waals surface area contributed by atoms with E-state index in [2.05, 4.69) is 15.4 Å². The van der Waals surface area contributed by atoms with Gasteiger partial charge in [-0.25, -0.2) is 9.78 Å². The van der Waals surface area contributed by atoms with Crippen molar-refractivity contribution < 1.29 is 4.79 Å². The van der Waals surface area contributed by atoms with Gasteiger partial charge in [-0.3, -0.25) is 9.08 Å². The van der Waals surface area contributed by atoms with E-state index in [1.165, 1.54) is 0 Å². The van der Waals surface area contributed by atoms with E-state index in [1.807, 2.05) is 50.2 Å². The average Bonchev–Trinajstić information content (AvgIpc) is 3.30. The SMILES string of the molecule is O=C(NCc1cn2ccsc2n1)N1CCC(Cn2cccn2)CC1. The van der Waals surface area contributed by atoms with E-state index in [9.17, 15) is 4.79 Å². The molecule has 1 saturated heterocycles. The minimum Gasteiger partial charge on any atom is -0.332 e. The highest BCUT2D eigenvalue weighted by Gasteiger charge is 2.23. The third-order valence-corrected chi connectivity index (χ3v) is 5.24. The molecule has 7 nitrogen and oxygen atoms in total. The highest BCUT2D eigenvalue weighted by molar-refractivity contribution is 7.15. The molecule has 126 valence electrons. The number of carbonyl (C=O) groups excluding carboxylic acids is 1. The van der Waals surface area contributed by atoms with E-state index < -0.39 is 0 Å². The topological polar surface area (TPSA) is 67.5 Å². The van der Waals surface area contributed by atoms with Crippen LogP contribution >= 0.6 is 11.3 Å². The summed E-state index contributed by atoms with van der Waals surface area (Å²) in [4.78, 5) is 19.7. The summed E-state index contributed by atoms with van der Waals surface area (Å²) in [5, 5.41) is 9.23. The van der Waals surface area contributed by atoms with E-state index in [0.29, 0.717) is 12.5 Å². The average molecular weight is 344 g/mol. The first-order chi connectivity index (χ1) is 11.8. The van der Waals surface area contributed by atoms with Crippen LogP contribution in [0.1, 0.15) is 18.5 Å². The number of thiazole rings is 1. The number of hydrogen-bond acceptors (Lipinski definition) is 4. The van der Waals surface area contributed by atoms with Gasteiger partial charge in [-0.1, -0.05) is 0 Å². The number of nitrogens with one attached hydrogen (secondary N) is 1. The fourth-order valence-corrected chi connectivity index (χ4v) is 3.85. The lowest BCUT2D eigenvalue weighted by Crippen LogP contribution is -2.44. The van der Waals surface area contributed by atoms with Gasteiger partial charge in [-0.2, -0.15) is 5.10 Å². The van der Waals surface area contributed by atoms with Gasteiger partial charge in [-0.15, -0.1) is 11.3 Å². The van der Waals surface area contributed by atoms with Gasteiger partial charge in [0.05, 0.1) is 12.2 Å². The van der Waals surface area contributed by atoms with Crippen molar-refractivity contribution >= 4 is 22.3 Å². The Hall–Kier alpha value is -2.35. The number of aromatic nitrogens is 4. The lowest BCUT2D eigenvalue weighted by atomic mass is 9.97. The Kier molecular flexibility index (Phi) is 4.20. The summed E-state index contributed by atoms with van der Waals surface area (Å²) in [6.07, 6.45) is 9.78. The first-order valence-corrected chi connectivity index (χ1v) is 9.07. The van der Waals surface area contributed by atoms with Crippen molar-refractivity contribution in [2.45, 2.75) is 25.9 Å². The standard InChI is InChI=1S/C16H20N6OS/c23-15(17-10-14-12-21-8-9-24-16(21)19-14)20-6-2-13(3-7-20)11-22-5-1-4-18-22/h1,4-5,8-9,12-13H,2-3,6-7,10-11H2,(H,17,23). The molecule has 0 aliphatic carbocycles. The van der Waals surface area contributed by atoms with Crippen LogP contribution in [0.15, 0.2) is 36.2 Å². The zero-order chi connectivity index (χ0) is 16.4. The second kappa shape index (κ2) is 6.64. The molecule has 1 fully saturated rings. The normalized spacial score (nSPS) is 15.9. The monoisotopic (exact) mass is 344 g/mol. The van der Waals surface area contributed by atoms with Crippen molar-refractivity contribution in [3.05, 3.63) is 41.9 Å². The van der Waals surface area contributed by atoms with Crippen LogP contribution in [0.5, 0.6) is 0 Å². The van der Waals surface area contributed by atoms with E-state index >= 15 is 0 Å². The molecule has 1 N–H and O–H groups in total. The van der Waals surface area contributed by atoms with Crippen LogP contribution in [0.3, 0.4) is 0 Å². The Morgan fingerprint density at radius 1 is 1.33 bits per heavy atom. The van der Waals surface area contributed by atoms with Crippen LogP contribution in [0.25, 0.3) is 4.96 Å². The largest absolute Gasteiger partial charge is 0.332 e. The predicted octanol–water partition coefficient (Wildman–Crippen LogP) is 2.21. The number of carbonyl (C=O) groups is 1. The highest BCUT2D eigenvalue weighted by Crippen LogP contribution is 2.19. The third kappa shape index (κ3) is 3.28. The summed E-state index contributed by atoms with van der Waals surface area (Å²) in [5.74, 6) is 0.592. The smallest absolute Gasteiger partial charge is 0.317 e. The molecular formula is C16H20N6OS. The molecule has 2 amide bonds. The minimum atomic E-state index is 0.00361. The summed E-state index contributed by atoms with van der Waals surface area (Å²) in [6, 6.07) is 1.95. The van der Waals surface area contributed by atoms with Crippen molar-refractivity contribution in [1.82, 2.24) is 29.4 Å². The number of hydrogen-bond donors (Lipinski definition) is 1. The predicted molar refractivity (Wildman–Crippen MR) is 91.8 cm³/mol. The summed E-state index contributed by atoms with van der Waals surface area (Å²) in [6.45, 7) is 3.01. The molecule has 0 aromatic carbocycles. The zero-order valence-corrected chi connectivity index (χ0v) is 14.2. The molecule has 24 heavy (non-hydrogen) atoms. The van der Waals surface area contributed by atoms with Crippen molar-refractivity contribution in [2.75, 3.05) is 13.1 Å². The second-order valence-electron chi connectivity index (χ2n) is 6.14. The van der Waals surface area contributed by atoms with Gasteiger partial charge in [0.2, 0.25) is 0 Å². The number of nitrogens with zero attached hydrogens (tertiary/aromatic N) is 5. The van der Waals surface area contributed by atoms with Crippen LogP contribution in [-0.4, -0.2) is 43.2 Å². The number of fused-ring (bicyclic) bond motifs is 1. The molecule has 3 aromatic rings. The highest BCUT2D eigenvalue weighted by atomic mass is 32.1. The van der Waals surface area contributed by atoms with Gasteiger partial charge < -0.3 is 10.2 Å². The fraction of sp³-hybridized carbons (Fsp3) is 0.438. The lowest BCUT2D eigenvalue weighted by molar-refractivity contribution is 0.164. The number of likely N-dealkylation sites (tertiary alicyclic amines) is 1. The van der Waals surface area contributed by atoms with Gasteiger partial charge in [-0.05, 0) is 24.8 Å². The molecule has 0 unspecified atom stereocenters. The molecular weight excluding hydrogens is 324 g/mol. The number of piperidine rings is 1. The van der Waals surface area contributed by atoms with E-state index in [4.69, 9.17) is 0 Å². The second-order valence-corrected chi connectivity index (χ2v) is 7.02. The first kappa shape index (κ1) is 15.2. The number of imidazole rings is 1. The van der Waals surface area contributed by atoms with Gasteiger partial charge in [0.25, 0.3) is 0 Å². The Bertz CT molecular complexity index is 771. The molecule has 8 heteroatoms. The molecule has 1 aliphatic heterocycles. The van der Waals surface area contributed by atoms with Crippen molar-refractivity contribution in [3.63, 3.8) is 0 Å². The number of amides is 2. The van der Waals surface area contributed by atoms with Gasteiger partial charge in [0.1, 0.15) is 0 Å². The van der Waals surface area contributed by atoms with Crippen molar-refractivity contribution in [1.29, 1.82) is 0 Å². The maximum absolute atomic E-state index is 12.3. The zero-order valence-electron chi connectivity index (χ0n) is 13.3. The Labute approximate surface area is 143 Å². The Morgan fingerprint density at radius 2 is 2.21 bits per heavy atom. The molecule has 3 aromatic heterocycles. The van der Waals surface area contributed by atoms with E-state index in [0.717, 1.165) is 43.1 Å². The summed E-state index contributed by atoms with van der Waals surface area (Å²) in [5.41, 5.74) is 0.892. The molecule has 0 atom stereocenters. The molecule has 4 heterocycles.